The Morgan fingerprint density at radius 3 is 2.20 bits per heavy atom. The maximum atomic E-state index is 9.34. The molecule has 1 N–H and O–H groups in total. The Balaban J connectivity index is 1.60. The summed E-state index contributed by atoms with van der Waals surface area (Å²) in [7, 11) is 0. The normalized spacial score (nSPS) is 15.6. The first-order valence-electron chi connectivity index (χ1n) is 7.11. The molecule has 2 aromatic rings. The van der Waals surface area contributed by atoms with Gasteiger partial charge in [-0.15, -0.1) is 0 Å². The van der Waals surface area contributed by atoms with Crippen LogP contribution in [0.3, 0.4) is 0 Å². The van der Waals surface area contributed by atoms with E-state index >= 15 is 0 Å². The van der Waals surface area contributed by atoms with Crippen LogP contribution in [0.25, 0.3) is 0 Å². The van der Waals surface area contributed by atoms with Gasteiger partial charge in [-0.3, -0.25) is 0 Å². The van der Waals surface area contributed by atoms with Gasteiger partial charge in [0, 0.05) is 12.6 Å². The highest BCUT2D eigenvalue weighted by atomic mass is 14.9. The average Bonchev–Trinajstić information content (AvgIpc) is 2.92. The van der Waals surface area contributed by atoms with Gasteiger partial charge in [0.25, 0.3) is 0 Å². The Bertz CT molecular complexity index is 588. The van der Waals surface area contributed by atoms with Gasteiger partial charge in [-0.25, -0.2) is 0 Å². The molecule has 2 heteroatoms. The minimum Gasteiger partial charge on any atom is -0.312 e. The smallest absolute Gasteiger partial charge is 0.0837 e. The molecule has 0 spiro atoms. The topological polar surface area (TPSA) is 35.8 Å². The summed E-state index contributed by atoms with van der Waals surface area (Å²) >= 11 is 0. The number of nitrogens with one attached hydrogen (secondary N) is 1. The van der Waals surface area contributed by atoms with Crippen molar-refractivity contribution in [2.24, 2.45) is 0 Å². The minimum absolute atomic E-state index is 0.0695. The van der Waals surface area contributed by atoms with E-state index < -0.39 is 0 Å². The molecule has 0 aromatic heterocycles. The zero-order valence-corrected chi connectivity index (χ0v) is 11.4. The van der Waals surface area contributed by atoms with Gasteiger partial charge in [0.15, 0.2) is 0 Å². The summed E-state index contributed by atoms with van der Waals surface area (Å²) in [5, 5.41) is 12.9. The summed E-state index contributed by atoms with van der Waals surface area (Å²) in [5.74, 6) is -0.0695. The molecule has 0 saturated heterocycles. The highest BCUT2D eigenvalue weighted by Crippen LogP contribution is 2.22. The fourth-order valence-electron chi connectivity index (χ4n) is 2.91. The molecule has 0 heterocycles. The summed E-state index contributed by atoms with van der Waals surface area (Å²) in [4.78, 5) is 0. The summed E-state index contributed by atoms with van der Waals surface area (Å²) < 4.78 is 0. The van der Waals surface area contributed by atoms with E-state index in [1.165, 1.54) is 11.1 Å². The van der Waals surface area contributed by atoms with E-state index in [0.29, 0.717) is 6.04 Å². The third-order valence-corrected chi connectivity index (χ3v) is 4.02. The quantitative estimate of drug-likeness (QED) is 0.919. The lowest BCUT2D eigenvalue weighted by atomic mass is 10.0. The standard InChI is InChI=1S/C18H18N2/c19-12-17(14-6-2-1-3-7-14)13-20-18-10-15-8-4-5-9-16(15)11-18/h1-9,17-18,20H,10-11,13H2. The first kappa shape index (κ1) is 12.9. The SMILES string of the molecule is N#CC(CNC1Cc2ccccc2C1)c1ccccc1. The van der Waals surface area contributed by atoms with Crippen molar-refractivity contribution in [3.05, 3.63) is 71.3 Å². The van der Waals surface area contributed by atoms with E-state index in [2.05, 4.69) is 35.7 Å². The van der Waals surface area contributed by atoms with Gasteiger partial charge in [0.1, 0.15) is 0 Å². The van der Waals surface area contributed by atoms with E-state index in [0.717, 1.165) is 24.9 Å². The molecule has 0 saturated carbocycles. The molecule has 2 aromatic carbocycles. The lowest BCUT2D eigenvalue weighted by Gasteiger charge is -2.15. The van der Waals surface area contributed by atoms with E-state index in [1.54, 1.807) is 0 Å². The number of rotatable bonds is 4. The van der Waals surface area contributed by atoms with Crippen LogP contribution in [0.4, 0.5) is 0 Å². The Labute approximate surface area is 120 Å². The lowest BCUT2D eigenvalue weighted by Crippen LogP contribution is -2.33. The van der Waals surface area contributed by atoms with Gasteiger partial charge in [0.05, 0.1) is 12.0 Å². The Morgan fingerprint density at radius 2 is 1.60 bits per heavy atom. The second-order valence-corrected chi connectivity index (χ2v) is 5.37. The first-order chi connectivity index (χ1) is 9.86. The number of nitrogens with zero attached hydrogens (tertiary/aromatic N) is 1. The van der Waals surface area contributed by atoms with Crippen LogP contribution in [0.1, 0.15) is 22.6 Å². The highest BCUT2D eigenvalue weighted by molar-refractivity contribution is 5.33. The van der Waals surface area contributed by atoms with Gasteiger partial charge in [0.2, 0.25) is 0 Å². The predicted octanol–water partition coefficient (Wildman–Crippen LogP) is 3.05. The van der Waals surface area contributed by atoms with Crippen LogP contribution in [0.2, 0.25) is 0 Å². The molecule has 0 amide bonds. The van der Waals surface area contributed by atoms with E-state index in [-0.39, 0.29) is 5.92 Å². The molecular weight excluding hydrogens is 244 g/mol. The zero-order chi connectivity index (χ0) is 13.8. The molecule has 1 unspecified atom stereocenters. The van der Waals surface area contributed by atoms with Gasteiger partial charge in [-0.05, 0) is 29.5 Å². The molecule has 0 fully saturated rings. The summed E-state index contributed by atoms with van der Waals surface area (Å²) in [6, 6.07) is 21.5. The predicted molar refractivity (Wildman–Crippen MR) is 80.4 cm³/mol. The zero-order valence-electron chi connectivity index (χ0n) is 11.4. The third-order valence-electron chi connectivity index (χ3n) is 4.02. The third kappa shape index (κ3) is 2.74. The molecule has 20 heavy (non-hydrogen) atoms. The largest absolute Gasteiger partial charge is 0.312 e. The summed E-state index contributed by atoms with van der Waals surface area (Å²) in [6.45, 7) is 0.721. The van der Waals surface area contributed by atoms with Gasteiger partial charge in [-0.2, -0.15) is 5.26 Å². The second kappa shape index (κ2) is 5.90. The Morgan fingerprint density at radius 1 is 1.00 bits per heavy atom. The Hall–Kier alpha value is -2.11. The van der Waals surface area contributed by atoms with Crippen molar-refractivity contribution in [3.8, 4) is 6.07 Å². The number of hydrogen-bond donors (Lipinski definition) is 1. The molecule has 2 nitrogen and oxygen atoms in total. The fourth-order valence-corrected chi connectivity index (χ4v) is 2.91. The van der Waals surface area contributed by atoms with Gasteiger partial charge in [-0.1, -0.05) is 54.6 Å². The van der Waals surface area contributed by atoms with Crippen molar-refractivity contribution in [1.29, 1.82) is 5.26 Å². The lowest BCUT2D eigenvalue weighted by molar-refractivity contribution is 0.522. The number of hydrogen-bond acceptors (Lipinski definition) is 2. The van der Waals surface area contributed by atoms with Gasteiger partial charge >= 0.3 is 0 Å². The van der Waals surface area contributed by atoms with Crippen molar-refractivity contribution in [1.82, 2.24) is 5.32 Å². The van der Waals surface area contributed by atoms with E-state index in [1.807, 2.05) is 30.3 Å². The molecular formula is C18H18N2. The molecule has 1 aliphatic carbocycles. The molecule has 100 valence electrons. The van der Waals surface area contributed by atoms with Crippen LogP contribution in [-0.2, 0) is 12.8 Å². The van der Waals surface area contributed by atoms with Crippen molar-refractivity contribution >= 4 is 0 Å². The van der Waals surface area contributed by atoms with Crippen molar-refractivity contribution in [2.45, 2.75) is 24.8 Å². The molecule has 0 bridgehead atoms. The fraction of sp³-hybridized carbons (Fsp3) is 0.278. The maximum Gasteiger partial charge on any atom is 0.0837 e. The van der Waals surface area contributed by atoms with Crippen LogP contribution in [-0.4, -0.2) is 12.6 Å². The minimum atomic E-state index is -0.0695. The molecule has 0 aliphatic heterocycles. The van der Waals surface area contributed by atoms with Gasteiger partial charge < -0.3 is 5.32 Å². The van der Waals surface area contributed by atoms with Crippen molar-refractivity contribution in [2.75, 3.05) is 6.54 Å². The van der Waals surface area contributed by atoms with Crippen LogP contribution < -0.4 is 5.32 Å². The monoisotopic (exact) mass is 262 g/mol. The average molecular weight is 262 g/mol. The highest BCUT2D eigenvalue weighted by Gasteiger charge is 2.21. The Kier molecular flexibility index (Phi) is 3.80. The molecule has 3 rings (SSSR count). The van der Waals surface area contributed by atoms with Crippen LogP contribution >= 0.6 is 0 Å². The van der Waals surface area contributed by atoms with Crippen LogP contribution in [0.15, 0.2) is 54.6 Å². The van der Waals surface area contributed by atoms with E-state index in [4.69, 9.17) is 0 Å². The summed E-state index contributed by atoms with van der Waals surface area (Å²) in [5.41, 5.74) is 3.98. The van der Waals surface area contributed by atoms with Crippen LogP contribution in [0, 0.1) is 11.3 Å². The van der Waals surface area contributed by atoms with E-state index in [9.17, 15) is 5.26 Å². The number of nitriles is 1. The number of benzene rings is 2. The molecule has 1 atom stereocenters. The summed E-state index contributed by atoms with van der Waals surface area (Å²) in [6.07, 6.45) is 2.15. The molecule has 1 aliphatic rings. The number of fused-ring (bicyclic) bond motifs is 1. The first-order valence-corrected chi connectivity index (χ1v) is 7.11. The van der Waals surface area contributed by atoms with Crippen LogP contribution in [0.5, 0.6) is 0 Å². The van der Waals surface area contributed by atoms with Crippen molar-refractivity contribution in [3.63, 3.8) is 0 Å². The maximum absolute atomic E-state index is 9.34. The molecule has 0 radical (unpaired) electrons. The van der Waals surface area contributed by atoms with Crippen molar-refractivity contribution < 1.29 is 0 Å². The second-order valence-electron chi connectivity index (χ2n) is 5.37.